The van der Waals surface area contributed by atoms with Gasteiger partial charge in [-0.15, -0.1) is 0 Å². The Hall–Kier alpha value is -1.14. The van der Waals surface area contributed by atoms with Crippen LogP contribution in [-0.2, 0) is 9.59 Å². The molecular formula is C12H27N3O3. The Balaban J connectivity index is 0. The van der Waals surface area contributed by atoms with Crippen molar-refractivity contribution in [2.75, 3.05) is 26.7 Å². The van der Waals surface area contributed by atoms with Gasteiger partial charge in [0.1, 0.15) is 6.04 Å². The highest BCUT2D eigenvalue weighted by Crippen LogP contribution is 1.95. The normalized spacial score (nSPS) is 11.6. The molecule has 0 aliphatic heterocycles. The smallest absolute Gasteiger partial charge is 0.320 e. The summed E-state index contributed by atoms with van der Waals surface area (Å²) in [6, 6.07) is -0.678. The van der Waals surface area contributed by atoms with E-state index in [1.165, 1.54) is 26.7 Å². The molecule has 0 radical (unpaired) electrons. The molecular weight excluding hydrogens is 234 g/mol. The van der Waals surface area contributed by atoms with Gasteiger partial charge in [-0.05, 0) is 33.1 Å². The average molecular weight is 261 g/mol. The predicted molar refractivity (Wildman–Crippen MR) is 72.4 cm³/mol. The second-order valence-electron chi connectivity index (χ2n) is 3.80. The molecule has 0 spiro atoms. The summed E-state index contributed by atoms with van der Waals surface area (Å²) in [5.41, 5.74) is 4.84. The average Bonchev–Trinajstić information content (AvgIpc) is 2.32. The van der Waals surface area contributed by atoms with Gasteiger partial charge in [0.05, 0.1) is 0 Å². The van der Waals surface area contributed by atoms with Gasteiger partial charge in [-0.25, -0.2) is 0 Å². The third-order valence-electron chi connectivity index (χ3n) is 2.67. The molecule has 0 aliphatic carbocycles. The van der Waals surface area contributed by atoms with E-state index in [1.807, 2.05) is 0 Å². The molecule has 0 fully saturated rings. The molecule has 1 atom stereocenters. The first-order valence-corrected chi connectivity index (χ1v) is 6.33. The van der Waals surface area contributed by atoms with Gasteiger partial charge in [-0.2, -0.15) is 0 Å². The largest absolute Gasteiger partial charge is 0.480 e. The summed E-state index contributed by atoms with van der Waals surface area (Å²) in [4.78, 5) is 22.9. The lowest BCUT2D eigenvalue weighted by Crippen LogP contribution is -2.34. The molecule has 0 aromatic rings. The van der Waals surface area contributed by atoms with Crippen molar-refractivity contribution in [1.82, 2.24) is 10.2 Å². The van der Waals surface area contributed by atoms with Gasteiger partial charge in [-0.1, -0.05) is 20.8 Å². The van der Waals surface area contributed by atoms with E-state index in [0.29, 0.717) is 0 Å². The number of hydrogen-bond acceptors (Lipinski definition) is 4. The van der Waals surface area contributed by atoms with Gasteiger partial charge >= 0.3 is 5.97 Å². The van der Waals surface area contributed by atoms with Crippen molar-refractivity contribution in [3.63, 3.8) is 0 Å². The van der Waals surface area contributed by atoms with E-state index < -0.39 is 17.9 Å². The molecule has 18 heavy (non-hydrogen) atoms. The standard InChI is InChI=1S/C6H12N2O3.C6H15N/c1-8-4(6(10)11)2-3-5(7)9;1-4-7(5-2)6-3/h4,8H,2-3H2,1H3,(H2,7,9)(H,10,11);4-6H2,1-3H3/t4-;/m1./s1. The molecule has 0 saturated heterocycles. The van der Waals surface area contributed by atoms with Crippen LogP contribution in [0.5, 0.6) is 0 Å². The minimum Gasteiger partial charge on any atom is -0.480 e. The lowest BCUT2D eigenvalue weighted by molar-refractivity contribution is -0.139. The molecule has 0 bridgehead atoms. The number of carbonyl (C=O) groups is 2. The van der Waals surface area contributed by atoms with Gasteiger partial charge in [0, 0.05) is 6.42 Å². The summed E-state index contributed by atoms with van der Waals surface area (Å²) in [6.07, 6.45) is 0.332. The van der Waals surface area contributed by atoms with Crippen molar-refractivity contribution in [3.05, 3.63) is 0 Å². The fourth-order valence-electron chi connectivity index (χ4n) is 1.35. The zero-order chi connectivity index (χ0) is 14.6. The van der Waals surface area contributed by atoms with Crippen molar-refractivity contribution in [2.24, 2.45) is 5.73 Å². The number of amides is 1. The highest BCUT2D eigenvalue weighted by molar-refractivity contribution is 5.77. The van der Waals surface area contributed by atoms with Crippen LogP contribution in [0.1, 0.15) is 33.6 Å². The van der Waals surface area contributed by atoms with Crippen molar-refractivity contribution in [3.8, 4) is 0 Å². The highest BCUT2D eigenvalue weighted by Gasteiger charge is 2.14. The van der Waals surface area contributed by atoms with Gasteiger partial charge in [-0.3, -0.25) is 9.59 Å². The number of carbonyl (C=O) groups excluding carboxylic acids is 1. The lowest BCUT2D eigenvalue weighted by atomic mass is 10.1. The van der Waals surface area contributed by atoms with Crippen LogP contribution in [-0.4, -0.2) is 54.6 Å². The van der Waals surface area contributed by atoms with Crippen LogP contribution in [0.15, 0.2) is 0 Å². The van der Waals surface area contributed by atoms with Crippen LogP contribution in [0.4, 0.5) is 0 Å². The van der Waals surface area contributed by atoms with E-state index in [-0.39, 0.29) is 12.8 Å². The first kappa shape index (κ1) is 19.2. The van der Waals surface area contributed by atoms with Crippen molar-refractivity contribution < 1.29 is 14.7 Å². The first-order valence-electron chi connectivity index (χ1n) is 6.33. The number of carboxylic acids is 1. The summed E-state index contributed by atoms with van der Waals surface area (Å²) in [6.45, 7) is 10.1. The number of carboxylic acid groups (broad SMARTS) is 1. The number of rotatable bonds is 8. The fraction of sp³-hybridized carbons (Fsp3) is 0.833. The monoisotopic (exact) mass is 261 g/mol. The van der Waals surface area contributed by atoms with Gasteiger partial charge in [0.25, 0.3) is 0 Å². The maximum atomic E-state index is 10.3. The zero-order valence-electron chi connectivity index (χ0n) is 11.9. The van der Waals surface area contributed by atoms with Crippen LogP contribution in [0, 0.1) is 0 Å². The molecule has 4 N–H and O–H groups in total. The van der Waals surface area contributed by atoms with Gasteiger partial charge in [0.2, 0.25) is 5.91 Å². The molecule has 0 unspecified atom stereocenters. The summed E-state index contributed by atoms with van der Waals surface area (Å²) >= 11 is 0. The Bertz CT molecular complexity index is 225. The lowest BCUT2D eigenvalue weighted by Gasteiger charge is -2.13. The van der Waals surface area contributed by atoms with E-state index >= 15 is 0 Å². The molecule has 1 amide bonds. The van der Waals surface area contributed by atoms with Crippen LogP contribution >= 0.6 is 0 Å². The summed E-state index contributed by atoms with van der Waals surface area (Å²) in [7, 11) is 1.53. The third kappa shape index (κ3) is 11.3. The summed E-state index contributed by atoms with van der Waals surface area (Å²) in [5.74, 6) is -1.44. The molecule has 108 valence electrons. The first-order chi connectivity index (χ1) is 8.42. The van der Waals surface area contributed by atoms with E-state index in [0.717, 1.165) is 0 Å². The number of aliphatic carboxylic acids is 1. The summed E-state index contributed by atoms with van der Waals surface area (Å²) in [5, 5.41) is 11.0. The second kappa shape index (κ2) is 12.3. The van der Waals surface area contributed by atoms with Gasteiger partial charge in [0.15, 0.2) is 0 Å². The Kier molecular flexibility index (Phi) is 13.1. The van der Waals surface area contributed by atoms with E-state index in [4.69, 9.17) is 10.8 Å². The van der Waals surface area contributed by atoms with E-state index in [2.05, 4.69) is 31.0 Å². The van der Waals surface area contributed by atoms with E-state index in [9.17, 15) is 9.59 Å². The molecule has 0 aromatic carbocycles. The SMILES string of the molecule is CCN(CC)CC.CN[C@H](CCC(N)=O)C(=O)O. The third-order valence-corrected chi connectivity index (χ3v) is 2.67. The van der Waals surface area contributed by atoms with Crippen LogP contribution in [0.3, 0.4) is 0 Å². The number of hydrogen-bond donors (Lipinski definition) is 3. The molecule has 0 rings (SSSR count). The number of nitrogens with zero attached hydrogens (tertiary/aromatic N) is 1. The minimum atomic E-state index is -0.964. The van der Waals surface area contributed by atoms with Crippen LogP contribution < -0.4 is 11.1 Å². The van der Waals surface area contributed by atoms with E-state index in [1.54, 1.807) is 0 Å². The molecule has 6 nitrogen and oxygen atoms in total. The number of primary amides is 1. The van der Waals surface area contributed by atoms with Crippen LogP contribution in [0.25, 0.3) is 0 Å². The Morgan fingerprint density at radius 1 is 1.22 bits per heavy atom. The zero-order valence-corrected chi connectivity index (χ0v) is 11.9. The number of nitrogens with one attached hydrogen (secondary N) is 1. The minimum absolute atomic E-state index is 0.0950. The Morgan fingerprint density at radius 2 is 1.67 bits per heavy atom. The highest BCUT2D eigenvalue weighted by atomic mass is 16.4. The summed E-state index contributed by atoms with van der Waals surface area (Å²) < 4.78 is 0. The molecule has 0 aliphatic rings. The van der Waals surface area contributed by atoms with Crippen LogP contribution in [0.2, 0.25) is 0 Å². The predicted octanol–water partition coefficient (Wildman–Crippen LogP) is 0.273. The number of nitrogens with two attached hydrogens (primary N) is 1. The fourth-order valence-corrected chi connectivity index (χ4v) is 1.35. The molecule has 6 heteroatoms. The maximum absolute atomic E-state index is 10.3. The van der Waals surface area contributed by atoms with Gasteiger partial charge < -0.3 is 21.1 Å². The van der Waals surface area contributed by atoms with Crippen molar-refractivity contribution in [2.45, 2.75) is 39.7 Å². The van der Waals surface area contributed by atoms with Crippen molar-refractivity contribution in [1.29, 1.82) is 0 Å². The quantitative estimate of drug-likeness (QED) is 0.583. The molecule has 0 heterocycles. The topological polar surface area (TPSA) is 95.7 Å². The Labute approximate surface area is 110 Å². The molecule has 0 saturated carbocycles. The van der Waals surface area contributed by atoms with Crippen molar-refractivity contribution >= 4 is 11.9 Å². The molecule has 0 aromatic heterocycles. The second-order valence-corrected chi connectivity index (χ2v) is 3.80. The maximum Gasteiger partial charge on any atom is 0.320 e. The Morgan fingerprint density at radius 3 is 1.83 bits per heavy atom. The number of likely N-dealkylation sites (N-methyl/N-ethyl adjacent to an activating group) is 1.